The molecule has 1 aromatic heterocycles. The number of hydrogen-bond donors (Lipinski definition) is 1. The molecule has 0 aliphatic rings. The number of aromatic amines is 1. The molecule has 1 N–H and O–H groups in total. The first-order valence-corrected chi connectivity index (χ1v) is 5.51. The summed E-state index contributed by atoms with van der Waals surface area (Å²) in [5, 5.41) is 1.21. The summed E-state index contributed by atoms with van der Waals surface area (Å²) in [6.07, 6.45) is 2.01. The summed E-state index contributed by atoms with van der Waals surface area (Å²) < 4.78 is 5.23. The number of nitrogens with one attached hydrogen (secondary N) is 1. The molecule has 2 aromatic carbocycles. The highest BCUT2D eigenvalue weighted by molar-refractivity contribution is 5.95. The van der Waals surface area contributed by atoms with Gasteiger partial charge in [0.1, 0.15) is 5.75 Å². The molecule has 2 heteroatoms. The van der Waals surface area contributed by atoms with Crippen molar-refractivity contribution < 1.29 is 4.74 Å². The van der Waals surface area contributed by atoms with E-state index in [1.54, 1.807) is 7.11 Å². The predicted molar refractivity (Wildman–Crippen MR) is 69.1 cm³/mol. The van der Waals surface area contributed by atoms with E-state index in [0.717, 1.165) is 22.4 Å². The summed E-state index contributed by atoms with van der Waals surface area (Å²) in [6.45, 7) is 0. The normalized spacial score (nSPS) is 10.6. The van der Waals surface area contributed by atoms with Gasteiger partial charge in [-0.15, -0.1) is 0 Å². The second kappa shape index (κ2) is 3.98. The molecule has 0 bridgehead atoms. The number of ether oxygens (including phenoxy) is 1. The maximum absolute atomic E-state index is 5.23. The van der Waals surface area contributed by atoms with Crippen LogP contribution in [0.2, 0.25) is 0 Å². The van der Waals surface area contributed by atoms with Gasteiger partial charge in [0.25, 0.3) is 0 Å². The van der Waals surface area contributed by atoms with Gasteiger partial charge in [-0.1, -0.05) is 24.3 Å². The van der Waals surface area contributed by atoms with Crippen LogP contribution in [0.1, 0.15) is 0 Å². The Bertz CT molecular complexity index is 655. The molecule has 0 fully saturated rings. The highest BCUT2D eigenvalue weighted by Crippen LogP contribution is 2.29. The molecule has 0 unspecified atom stereocenters. The van der Waals surface area contributed by atoms with Gasteiger partial charge < -0.3 is 9.72 Å². The van der Waals surface area contributed by atoms with Gasteiger partial charge in [-0.05, 0) is 29.8 Å². The number of rotatable bonds is 2. The predicted octanol–water partition coefficient (Wildman–Crippen LogP) is 3.64. The van der Waals surface area contributed by atoms with E-state index in [9.17, 15) is 0 Å². The van der Waals surface area contributed by atoms with E-state index in [1.807, 2.05) is 36.5 Å². The molecule has 3 rings (SSSR count). The van der Waals surface area contributed by atoms with Crippen LogP contribution in [0, 0.1) is 6.07 Å². The molecule has 2 nitrogen and oxygen atoms in total. The smallest absolute Gasteiger partial charge is 0.119 e. The lowest BCUT2D eigenvalue weighted by atomic mass is 10.0. The van der Waals surface area contributed by atoms with E-state index < -0.39 is 0 Å². The maximum atomic E-state index is 5.23. The number of hydrogen-bond acceptors (Lipinski definition) is 1. The first-order valence-electron chi connectivity index (χ1n) is 5.51. The number of fused-ring (bicyclic) bond motifs is 1. The van der Waals surface area contributed by atoms with Crippen LogP contribution in [0.15, 0.2) is 48.7 Å². The molecular formula is C15H12NO. The molecule has 0 amide bonds. The second-order valence-corrected chi connectivity index (χ2v) is 3.89. The highest BCUT2D eigenvalue weighted by atomic mass is 16.5. The van der Waals surface area contributed by atoms with Crippen LogP contribution >= 0.6 is 0 Å². The molecule has 0 spiro atoms. The van der Waals surface area contributed by atoms with Gasteiger partial charge >= 0.3 is 0 Å². The first kappa shape index (κ1) is 9.97. The minimum absolute atomic E-state index is 0.851. The van der Waals surface area contributed by atoms with Crippen molar-refractivity contribution >= 4 is 10.9 Å². The fraction of sp³-hybridized carbons (Fsp3) is 0.0667. The van der Waals surface area contributed by atoms with Crippen LogP contribution in [0.5, 0.6) is 5.75 Å². The Morgan fingerprint density at radius 3 is 2.94 bits per heavy atom. The van der Waals surface area contributed by atoms with Crippen molar-refractivity contribution in [1.29, 1.82) is 0 Å². The van der Waals surface area contributed by atoms with Crippen molar-refractivity contribution in [2.75, 3.05) is 7.11 Å². The lowest BCUT2D eigenvalue weighted by Crippen LogP contribution is -1.83. The fourth-order valence-electron chi connectivity index (χ4n) is 2.02. The monoisotopic (exact) mass is 222 g/mol. The molecular weight excluding hydrogens is 210 g/mol. The van der Waals surface area contributed by atoms with E-state index in [-0.39, 0.29) is 0 Å². The van der Waals surface area contributed by atoms with Gasteiger partial charge in [-0.25, -0.2) is 0 Å². The average Bonchev–Trinajstić information content (AvgIpc) is 2.82. The van der Waals surface area contributed by atoms with Gasteiger partial charge in [0.05, 0.1) is 7.11 Å². The third-order valence-electron chi connectivity index (χ3n) is 2.89. The molecule has 0 saturated carbocycles. The van der Waals surface area contributed by atoms with Crippen LogP contribution in [-0.2, 0) is 0 Å². The zero-order valence-electron chi connectivity index (χ0n) is 9.53. The molecule has 0 aliphatic carbocycles. The maximum Gasteiger partial charge on any atom is 0.119 e. The van der Waals surface area contributed by atoms with E-state index in [0.29, 0.717) is 0 Å². The van der Waals surface area contributed by atoms with Crippen molar-refractivity contribution in [3.05, 3.63) is 54.7 Å². The molecule has 3 aromatic rings. The number of methoxy groups -OCH3 is 1. The van der Waals surface area contributed by atoms with Gasteiger partial charge in [0, 0.05) is 22.7 Å². The van der Waals surface area contributed by atoms with Gasteiger partial charge in [0.15, 0.2) is 0 Å². The van der Waals surface area contributed by atoms with E-state index in [2.05, 4.69) is 23.2 Å². The van der Waals surface area contributed by atoms with E-state index in [4.69, 9.17) is 4.74 Å². The minimum Gasteiger partial charge on any atom is -0.497 e. The van der Waals surface area contributed by atoms with Crippen molar-refractivity contribution in [2.24, 2.45) is 0 Å². The Morgan fingerprint density at radius 2 is 2.06 bits per heavy atom. The molecule has 0 atom stereocenters. The van der Waals surface area contributed by atoms with Crippen LogP contribution in [0.4, 0.5) is 0 Å². The summed E-state index contributed by atoms with van der Waals surface area (Å²) >= 11 is 0. The van der Waals surface area contributed by atoms with E-state index in [1.165, 1.54) is 5.39 Å². The molecule has 1 heterocycles. The van der Waals surface area contributed by atoms with Crippen molar-refractivity contribution in [2.45, 2.75) is 0 Å². The quantitative estimate of drug-likeness (QED) is 0.703. The molecule has 0 aliphatic heterocycles. The largest absolute Gasteiger partial charge is 0.497 e. The Hall–Kier alpha value is -2.22. The van der Waals surface area contributed by atoms with Crippen LogP contribution in [-0.4, -0.2) is 12.1 Å². The summed E-state index contributed by atoms with van der Waals surface area (Å²) in [5.74, 6) is 0.851. The van der Waals surface area contributed by atoms with E-state index >= 15 is 0 Å². The lowest BCUT2D eigenvalue weighted by molar-refractivity contribution is 0.415. The third kappa shape index (κ3) is 1.68. The minimum atomic E-state index is 0.851. The zero-order valence-corrected chi connectivity index (χ0v) is 9.53. The third-order valence-corrected chi connectivity index (χ3v) is 2.89. The van der Waals surface area contributed by atoms with Gasteiger partial charge in [-0.2, -0.15) is 0 Å². The van der Waals surface area contributed by atoms with Crippen molar-refractivity contribution in [1.82, 2.24) is 4.98 Å². The van der Waals surface area contributed by atoms with Crippen LogP contribution in [0.25, 0.3) is 22.0 Å². The molecule has 17 heavy (non-hydrogen) atoms. The topological polar surface area (TPSA) is 25.0 Å². The lowest BCUT2D eigenvalue weighted by Gasteiger charge is -2.02. The number of para-hydroxylation sites is 1. The summed E-state index contributed by atoms with van der Waals surface area (Å²) in [5.41, 5.74) is 3.33. The second-order valence-electron chi connectivity index (χ2n) is 3.89. The number of benzene rings is 2. The van der Waals surface area contributed by atoms with Gasteiger partial charge in [0.2, 0.25) is 0 Å². The van der Waals surface area contributed by atoms with Crippen molar-refractivity contribution in [3.8, 4) is 16.9 Å². The first-order chi connectivity index (χ1) is 8.38. The summed E-state index contributed by atoms with van der Waals surface area (Å²) in [4.78, 5) is 3.26. The number of aromatic nitrogens is 1. The summed E-state index contributed by atoms with van der Waals surface area (Å²) in [7, 11) is 1.67. The fourth-order valence-corrected chi connectivity index (χ4v) is 2.02. The SMILES string of the molecule is COc1cc[c]c(-c2c[nH]c3ccccc23)c1. The highest BCUT2D eigenvalue weighted by Gasteiger charge is 2.06. The molecule has 83 valence electrons. The van der Waals surface area contributed by atoms with Gasteiger partial charge in [-0.3, -0.25) is 0 Å². The summed E-state index contributed by atoms with van der Waals surface area (Å²) in [6, 6.07) is 17.3. The molecule has 1 radical (unpaired) electrons. The van der Waals surface area contributed by atoms with Crippen LogP contribution < -0.4 is 4.74 Å². The van der Waals surface area contributed by atoms with Crippen LogP contribution in [0.3, 0.4) is 0 Å². The Kier molecular flexibility index (Phi) is 2.33. The zero-order chi connectivity index (χ0) is 11.7. The van der Waals surface area contributed by atoms with Crippen molar-refractivity contribution in [3.63, 3.8) is 0 Å². The Labute approximate surface area is 99.9 Å². The number of H-pyrrole nitrogens is 1. The average molecular weight is 222 g/mol. The Morgan fingerprint density at radius 1 is 1.18 bits per heavy atom. The standard InChI is InChI=1S/C15H12NO/c1-17-12-6-4-5-11(9-12)14-10-16-15-8-3-2-7-13(14)15/h2-4,6-10,16H,1H3. The molecule has 0 saturated heterocycles. The Balaban J connectivity index is 2.20.